The highest BCUT2D eigenvalue weighted by atomic mass is 32.2. The first-order chi connectivity index (χ1) is 6.77. The maximum absolute atomic E-state index is 5.45. The lowest BCUT2D eigenvalue weighted by Gasteiger charge is -2.02. The van der Waals surface area contributed by atoms with Crippen molar-refractivity contribution >= 4 is 17.3 Å². The van der Waals surface area contributed by atoms with Crippen LogP contribution in [-0.2, 0) is 0 Å². The summed E-state index contributed by atoms with van der Waals surface area (Å²) in [5, 5.41) is 0. The van der Waals surface area contributed by atoms with Crippen molar-refractivity contribution in [3.63, 3.8) is 0 Å². The van der Waals surface area contributed by atoms with Gasteiger partial charge in [-0.05, 0) is 49.4 Å². The molecule has 0 aliphatic heterocycles. The van der Waals surface area contributed by atoms with Gasteiger partial charge in [-0.3, -0.25) is 0 Å². The van der Waals surface area contributed by atoms with Gasteiger partial charge < -0.3 is 5.73 Å². The Morgan fingerprint density at radius 3 is 2.50 bits per heavy atom. The van der Waals surface area contributed by atoms with E-state index in [9.17, 15) is 0 Å². The predicted octanol–water partition coefficient (Wildman–Crippen LogP) is 3.16. The highest BCUT2D eigenvalue weighted by Crippen LogP contribution is 2.19. The third-order valence-corrected chi connectivity index (χ3v) is 2.91. The number of hydrogen-bond donors (Lipinski definition) is 1. The summed E-state index contributed by atoms with van der Waals surface area (Å²) in [6.45, 7) is 2.85. The maximum Gasteiger partial charge on any atom is 0.00695 e. The van der Waals surface area contributed by atoms with Gasteiger partial charge in [-0.1, -0.05) is 18.2 Å². The third kappa shape index (κ3) is 3.20. The molecule has 1 nitrogen and oxygen atoms in total. The molecule has 0 radical (unpaired) electrons. The first-order valence-electron chi connectivity index (χ1n) is 4.79. The molecule has 1 rings (SSSR count). The molecule has 0 saturated heterocycles. The minimum atomic E-state index is 0.722. The van der Waals surface area contributed by atoms with Crippen molar-refractivity contribution in [3.05, 3.63) is 35.9 Å². The summed E-state index contributed by atoms with van der Waals surface area (Å²) < 4.78 is 0. The van der Waals surface area contributed by atoms with E-state index in [2.05, 4.69) is 43.5 Å². The molecule has 0 amide bonds. The smallest absolute Gasteiger partial charge is 0.00695 e. The van der Waals surface area contributed by atoms with Gasteiger partial charge in [-0.2, -0.15) is 0 Å². The summed E-state index contributed by atoms with van der Waals surface area (Å²) in [5.41, 5.74) is 8.05. The van der Waals surface area contributed by atoms with E-state index in [0.717, 1.165) is 13.0 Å². The van der Waals surface area contributed by atoms with Crippen LogP contribution in [-0.4, -0.2) is 12.8 Å². The quantitative estimate of drug-likeness (QED) is 0.767. The first kappa shape index (κ1) is 11.3. The van der Waals surface area contributed by atoms with Crippen LogP contribution >= 0.6 is 11.8 Å². The summed E-state index contributed by atoms with van der Waals surface area (Å²) in [4.78, 5) is 1.31. The van der Waals surface area contributed by atoms with E-state index < -0.39 is 0 Å². The highest BCUT2D eigenvalue weighted by Gasteiger charge is 1.95. The van der Waals surface area contributed by atoms with E-state index in [1.54, 1.807) is 11.8 Å². The molecule has 0 fully saturated rings. The lowest BCUT2D eigenvalue weighted by molar-refractivity contribution is 1.01. The SMILES string of the molecule is CSc1ccc(C(C)=CCCN)cc1. The zero-order valence-electron chi connectivity index (χ0n) is 8.79. The summed E-state index contributed by atoms with van der Waals surface area (Å²) in [7, 11) is 0. The summed E-state index contributed by atoms with van der Waals surface area (Å²) >= 11 is 1.77. The zero-order chi connectivity index (χ0) is 10.4. The van der Waals surface area contributed by atoms with Gasteiger partial charge in [0.15, 0.2) is 0 Å². The third-order valence-electron chi connectivity index (χ3n) is 2.16. The standard InChI is InChI=1S/C12H17NS/c1-10(4-3-9-13)11-5-7-12(14-2)8-6-11/h4-8H,3,9,13H2,1-2H3. The van der Waals surface area contributed by atoms with Gasteiger partial charge in [0, 0.05) is 4.90 Å². The lowest BCUT2D eigenvalue weighted by Crippen LogP contribution is -1.95. The Morgan fingerprint density at radius 1 is 1.36 bits per heavy atom. The number of hydrogen-bond acceptors (Lipinski definition) is 2. The molecule has 0 bridgehead atoms. The molecule has 14 heavy (non-hydrogen) atoms. The van der Waals surface area contributed by atoms with Crippen LogP contribution in [0, 0.1) is 0 Å². The van der Waals surface area contributed by atoms with Crippen molar-refractivity contribution in [2.75, 3.05) is 12.8 Å². The number of allylic oxidation sites excluding steroid dienone is 1. The van der Waals surface area contributed by atoms with E-state index in [4.69, 9.17) is 5.73 Å². The average Bonchev–Trinajstić information content (AvgIpc) is 2.26. The molecule has 1 aromatic carbocycles. The van der Waals surface area contributed by atoms with Crippen molar-refractivity contribution in [2.24, 2.45) is 5.73 Å². The molecule has 0 aliphatic rings. The van der Waals surface area contributed by atoms with Crippen LogP contribution in [0.2, 0.25) is 0 Å². The minimum Gasteiger partial charge on any atom is -0.330 e. The van der Waals surface area contributed by atoms with Crippen molar-refractivity contribution in [3.8, 4) is 0 Å². The van der Waals surface area contributed by atoms with Crippen LogP contribution in [0.3, 0.4) is 0 Å². The Hall–Kier alpha value is -0.730. The van der Waals surface area contributed by atoms with Gasteiger partial charge in [-0.15, -0.1) is 11.8 Å². The molecule has 0 spiro atoms. The Labute approximate surface area is 90.4 Å². The Morgan fingerprint density at radius 2 is 2.00 bits per heavy atom. The van der Waals surface area contributed by atoms with E-state index in [0.29, 0.717) is 0 Å². The molecular weight excluding hydrogens is 190 g/mol. The highest BCUT2D eigenvalue weighted by molar-refractivity contribution is 7.98. The van der Waals surface area contributed by atoms with Crippen LogP contribution in [0.4, 0.5) is 0 Å². The van der Waals surface area contributed by atoms with Crippen LogP contribution < -0.4 is 5.73 Å². The molecule has 2 N–H and O–H groups in total. The van der Waals surface area contributed by atoms with Gasteiger partial charge in [0.2, 0.25) is 0 Å². The molecule has 0 unspecified atom stereocenters. The fraction of sp³-hybridized carbons (Fsp3) is 0.333. The van der Waals surface area contributed by atoms with E-state index in [-0.39, 0.29) is 0 Å². The molecule has 1 aromatic rings. The molecular formula is C12H17NS. The van der Waals surface area contributed by atoms with Crippen LogP contribution in [0.25, 0.3) is 5.57 Å². The molecule has 2 heteroatoms. The van der Waals surface area contributed by atoms with Gasteiger partial charge in [0.05, 0.1) is 0 Å². The van der Waals surface area contributed by atoms with Crippen molar-refractivity contribution in [2.45, 2.75) is 18.2 Å². The van der Waals surface area contributed by atoms with Crippen LogP contribution in [0.5, 0.6) is 0 Å². The van der Waals surface area contributed by atoms with Gasteiger partial charge in [-0.25, -0.2) is 0 Å². The fourth-order valence-electron chi connectivity index (χ4n) is 1.27. The van der Waals surface area contributed by atoms with Gasteiger partial charge >= 0.3 is 0 Å². The topological polar surface area (TPSA) is 26.0 Å². The van der Waals surface area contributed by atoms with E-state index in [1.165, 1.54) is 16.0 Å². The molecule has 0 atom stereocenters. The van der Waals surface area contributed by atoms with Crippen molar-refractivity contribution < 1.29 is 0 Å². The minimum absolute atomic E-state index is 0.722. The first-order valence-corrected chi connectivity index (χ1v) is 6.01. The summed E-state index contributed by atoms with van der Waals surface area (Å²) in [5.74, 6) is 0. The predicted molar refractivity (Wildman–Crippen MR) is 65.5 cm³/mol. The molecule has 76 valence electrons. The van der Waals surface area contributed by atoms with Gasteiger partial charge in [0.25, 0.3) is 0 Å². The largest absolute Gasteiger partial charge is 0.330 e. The van der Waals surface area contributed by atoms with E-state index in [1.807, 2.05) is 0 Å². The molecule has 0 aliphatic carbocycles. The second-order valence-corrected chi connectivity index (χ2v) is 4.07. The Kier molecular flexibility index (Phi) is 4.77. The monoisotopic (exact) mass is 207 g/mol. The van der Waals surface area contributed by atoms with Crippen molar-refractivity contribution in [1.82, 2.24) is 0 Å². The normalized spacial score (nSPS) is 11.8. The van der Waals surface area contributed by atoms with Crippen LogP contribution in [0.15, 0.2) is 35.2 Å². The average molecular weight is 207 g/mol. The molecule has 0 saturated carbocycles. The second kappa shape index (κ2) is 5.89. The summed E-state index contributed by atoms with van der Waals surface area (Å²) in [6.07, 6.45) is 5.23. The molecule has 0 heterocycles. The maximum atomic E-state index is 5.45. The lowest BCUT2D eigenvalue weighted by atomic mass is 10.1. The Balaban J connectivity index is 2.76. The fourth-order valence-corrected chi connectivity index (χ4v) is 1.68. The number of thioether (sulfide) groups is 1. The van der Waals surface area contributed by atoms with Gasteiger partial charge in [0.1, 0.15) is 0 Å². The summed E-state index contributed by atoms with van der Waals surface area (Å²) in [6, 6.07) is 8.63. The second-order valence-electron chi connectivity index (χ2n) is 3.19. The number of benzene rings is 1. The van der Waals surface area contributed by atoms with Crippen LogP contribution in [0.1, 0.15) is 18.9 Å². The zero-order valence-corrected chi connectivity index (χ0v) is 9.60. The molecule has 0 aromatic heterocycles. The Bertz CT molecular complexity index is 301. The number of rotatable bonds is 4. The number of nitrogens with two attached hydrogens (primary N) is 1. The van der Waals surface area contributed by atoms with Crippen molar-refractivity contribution in [1.29, 1.82) is 0 Å². The van der Waals surface area contributed by atoms with E-state index >= 15 is 0 Å².